The summed E-state index contributed by atoms with van der Waals surface area (Å²) in [5.74, 6) is -0.532. The third-order valence-corrected chi connectivity index (χ3v) is 11.4. The Hall–Kier alpha value is -0.383. The average molecular weight is 525 g/mol. The second-order valence-electron chi connectivity index (χ2n) is 10.3. The zero-order chi connectivity index (χ0) is 23.9. The highest BCUT2D eigenvalue weighted by Gasteiger charge is 2.65. The van der Waals surface area contributed by atoms with Crippen molar-refractivity contribution >= 4 is 49.3 Å². The van der Waals surface area contributed by atoms with E-state index in [1.807, 2.05) is 30.3 Å². The molecule has 32 heavy (non-hydrogen) atoms. The van der Waals surface area contributed by atoms with Crippen LogP contribution in [-0.4, -0.2) is 49.5 Å². The van der Waals surface area contributed by atoms with Gasteiger partial charge >= 0.3 is 8.56 Å². The fraction of sp³-hybridized carbons (Fsp3) is 0.682. The van der Waals surface area contributed by atoms with E-state index in [4.69, 9.17) is 63.3 Å². The third kappa shape index (κ3) is 5.30. The van der Waals surface area contributed by atoms with Crippen LogP contribution in [0.1, 0.15) is 47.1 Å². The Morgan fingerprint density at radius 3 is 2.19 bits per heavy atom. The smallest absolute Gasteiger partial charge is 0.349 e. The molecule has 2 fully saturated rings. The van der Waals surface area contributed by atoms with Gasteiger partial charge in [0.1, 0.15) is 18.3 Å². The average Bonchev–Trinajstić information content (AvgIpc) is 3.00. The molecule has 180 valence electrons. The normalized spacial score (nSPS) is 28.3. The van der Waals surface area contributed by atoms with Gasteiger partial charge < -0.3 is 23.1 Å². The molecule has 2 heterocycles. The van der Waals surface area contributed by atoms with Crippen LogP contribution in [0.5, 0.6) is 0 Å². The number of ether oxygens (including phenoxy) is 3. The maximum atomic E-state index is 8.01. The summed E-state index contributed by atoms with van der Waals surface area (Å²) in [7, 11) is -2.78. The summed E-state index contributed by atoms with van der Waals surface area (Å²) in [6.45, 7) is 13.5. The fourth-order valence-electron chi connectivity index (χ4n) is 4.53. The number of halogens is 3. The lowest BCUT2D eigenvalue weighted by Crippen LogP contribution is -2.65. The van der Waals surface area contributed by atoms with Crippen LogP contribution in [0.15, 0.2) is 30.3 Å². The molecule has 10 heteroatoms. The molecule has 1 unspecified atom stereocenters. The lowest BCUT2D eigenvalue weighted by Gasteiger charge is -2.53. The van der Waals surface area contributed by atoms with Crippen molar-refractivity contribution in [3.63, 3.8) is 0 Å². The van der Waals surface area contributed by atoms with Crippen LogP contribution in [0.3, 0.4) is 0 Å². The van der Waals surface area contributed by atoms with E-state index in [0.29, 0.717) is 13.2 Å². The van der Waals surface area contributed by atoms with Crippen molar-refractivity contribution in [1.82, 2.24) is 0 Å². The van der Waals surface area contributed by atoms with Crippen LogP contribution in [0, 0.1) is 5.41 Å². The minimum Gasteiger partial charge on any atom is -0.445 e. The fourth-order valence-corrected chi connectivity index (χ4v) is 9.62. The van der Waals surface area contributed by atoms with Gasteiger partial charge in [0.2, 0.25) is 12.2 Å². The van der Waals surface area contributed by atoms with Crippen LogP contribution in [0.25, 0.3) is 0 Å². The van der Waals surface area contributed by atoms with Crippen molar-refractivity contribution in [2.45, 2.75) is 86.6 Å². The molecule has 2 aliphatic heterocycles. The van der Waals surface area contributed by atoms with E-state index in [9.17, 15) is 0 Å². The van der Waals surface area contributed by atoms with Crippen LogP contribution >= 0.6 is 34.8 Å². The Bertz CT molecular complexity index is 793. The Balaban J connectivity index is 1.90. The zero-order valence-electron chi connectivity index (χ0n) is 19.3. The predicted molar refractivity (Wildman–Crippen MR) is 129 cm³/mol. The minimum absolute atomic E-state index is 0.205. The molecule has 0 saturated carbocycles. The van der Waals surface area contributed by atoms with Crippen molar-refractivity contribution in [3.05, 3.63) is 35.9 Å². The van der Waals surface area contributed by atoms with Gasteiger partial charge in [0.15, 0.2) is 0 Å². The summed E-state index contributed by atoms with van der Waals surface area (Å²) in [6, 6.07) is 9.78. The van der Waals surface area contributed by atoms with Gasteiger partial charge in [-0.3, -0.25) is 5.41 Å². The van der Waals surface area contributed by atoms with Gasteiger partial charge in [-0.15, -0.1) is 0 Å². The number of alkyl halides is 3. The quantitative estimate of drug-likeness (QED) is 0.222. The molecular formula is C22H32Cl3NO5Si. The van der Waals surface area contributed by atoms with Crippen molar-refractivity contribution in [2.75, 3.05) is 6.61 Å². The molecule has 1 aromatic rings. The Labute approximate surface area is 206 Å². The summed E-state index contributed by atoms with van der Waals surface area (Å²) >= 11 is 17.5. The molecule has 2 aliphatic rings. The van der Waals surface area contributed by atoms with Crippen molar-refractivity contribution in [1.29, 1.82) is 5.41 Å². The van der Waals surface area contributed by atoms with Crippen LogP contribution in [0.4, 0.5) is 0 Å². The third-order valence-electron chi connectivity index (χ3n) is 5.77. The standard InChI is InChI=1S/C22H32Cl3NO5Si/c1-20(2,3)32(21(4,5)6)28-13-15-16(31-32)17(27-12-14-10-8-7-9-11-14)18(29-15)30-19(26)22(23,24)25/h7-11,15-18,26H,12-13H2,1-6H3/t15-,16-,17+,18?/m0/s1. The summed E-state index contributed by atoms with van der Waals surface area (Å²) in [6.07, 6.45) is -2.46. The maximum absolute atomic E-state index is 8.01. The highest BCUT2D eigenvalue weighted by molar-refractivity contribution is 6.76. The predicted octanol–water partition coefficient (Wildman–Crippen LogP) is 6.12. The topological polar surface area (TPSA) is 70.0 Å². The van der Waals surface area contributed by atoms with Crippen LogP contribution in [-0.2, 0) is 29.7 Å². The van der Waals surface area contributed by atoms with E-state index < -0.39 is 42.9 Å². The summed E-state index contributed by atoms with van der Waals surface area (Å²) in [5.41, 5.74) is 0.994. The van der Waals surface area contributed by atoms with Crippen LogP contribution < -0.4 is 0 Å². The van der Waals surface area contributed by atoms with E-state index in [1.54, 1.807) is 0 Å². The molecule has 3 rings (SSSR count). The number of benzene rings is 1. The summed E-state index contributed by atoms with van der Waals surface area (Å²) in [4.78, 5) is 0. The monoisotopic (exact) mass is 523 g/mol. The van der Waals surface area contributed by atoms with E-state index in [-0.39, 0.29) is 10.1 Å². The molecule has 0 amide bonds. The number of fused-ring (bicyclic) bond motifs is 1. The summed E-state index contributed by atoms with van der Waals surface area (Å²) < 4.78 is 29.3. The number of rotatable bonds is 4. The second-order valence-corrected chi connectivity index (χ2v) is 17.3. The van der Waals surface area contributed by atoms with Crippen molar-refractivity contribution < 1.29 is 23.1 Å². The van der Waals surface area contributed by atoms with Gasteiger partial charge in [-0.05, 0) is 5.56 Å². The van der Waals surface area contributed by atoms with Gasteiger partial charge in [-0.1, -0.05) is 107 Å². The van der Waals surface area contributed by atoms with E-state index >= 15 is 0 Å². The molecule has 0 aliphatic carbocycles. The van der Waals surface area contributed by atoms with Crippen molar-refractivity contribution in [3.8, 4) is 0 Å². The first kappa shape index (κ1) is 26.2. The van der Waals surface area contributed by atoms with Gasteiger partial charge in [0.25, 0.3) is 3.79 Å². The first-order chi connectivity index (χ1) is 14.7. The Kier molecular flexibility index (Phi) is 7.66. The van der Waals surface area contributed by atoms with E-state index in [0.717, 1.165) is 5.56 Å². The molecule has 0 spiro atoms. The van der Waals surface area contributed by atoms with Gasteiger partial charge in [0.05, 0.1) is 13.2 Å². The first-order valence-corrected chi connectivity index (χ1v) is 13.6. The number of nitrogens with one attached hydrogen (secondary N) is 1. The number of hydrogen-bond acceptors (Lipinski definition) is 6. The molecule has 0 bridgehead atoms. The van der Waals surface area contributed by atoms with Gasteiger partial charge in [0, 0.05) is 10.1 Å². The Morgan fingerprint density at radius 1 is 1.06 bits per heavy atom. The largest absolute Gasteiger partial charge is 0.445 e. The van der Waals surface area contributed by atoms with Gasteiger partial charge in [-0.25, -0.2) is 0 Å². The van der Waals surface area contributed by atoms with E-state index in [1.165, 1.54) is 0 Å². The maximum Gasteiger partial charge on any atom is 0.349 e. The molecule has 1 N–H and O–H groups in total. The van der Waals surface area contributed by atoms with Gasteiger partial charge in [-0.2, -0.15) is 0 Å². The zero-order valence-corrected chi connectivity index (χ0v) is 22.6. The molecular weight excluding hydrogens is 493 g/mol. The lowest BCUT2D eigenvalue weighted by molar-refractivity contribution is -0.140. The highest BCUT2D eigenvalue weighted by atomic mass is 35.6. The molecule has 1 aromatic carbocycles. The molecule has 0 aromatic heterocycles. The molecule has 6 nitrogen and oxygen atoms in total. The first-order valence-electron chi connectivity index (χ1n) is 10.6. The van der Waals surface area contributed by atoms with E-state index in [2.05, 4.69) is 41.5 Å². The van der Waals surface area contributed by atoms with Crippen LogP contribution in [0.2, 0.25) is 10.1 Å². The molecule has 0 radical (unpaired) electrons. The minimum atomic E-state index is -2.78. The second kappa shape index (κ2) is 9.34. The Morgan fingerprint density at radius 2 is 1.66 bits per heavy atom. The number of hydrogen-bond donors (Lipinski definition) is 1. The lowest BCUT2D eigenvalue weighted by atomic mass is 10.1. The molecule has 2 saturated heterocycles. The summed E-state index contributed by atoms with van der Waals surface area (Å²) in [5, 5.41) is 7.60. The highest BCUT2D eigenvalue weighted by Crippen LogP contribution is 2.55. The molecule has 4 atom stereocenters. The van der Waals surface area contributed by atoms with Crippen molar-refractivity contribution in [2.24, 2.45) is 0 Å². The SMILES string of the molecule is CC(C)(C)[Si]1(C(C)(C)C)OC[C@@H]2OC(OC(=N)C(Cl)(Cl)Cl)[C@H](OCc3ccccc3)[C@H]2O1.